The van der Waals surface area contributed by atoms with Crippen LogP contribution in [0.4, 0.5) is 15.8 Å². The summed E-state index contributed by atoms with van der Waals surface area (Å²) in [7, 11) is 1.53. The molecule has 0 unspecified atom stereocenters. The van der Waals surface area contributed by atoms with Gasteiger partial charge in [0, 0.05) is 28.1 Å². The predicted octanol–water partition coefficient (Wildman–Crippen LogP) is 6.81. The molecule has 0 amide bonds. The molecule has 0 fully saturated rings. The van der Waals surface area contributed by atoms with E-state index in [0.29, 0.717) is 34.5 Å². The zero-order valence-electron chi connectivity index (χ0n) is 16.6. The van der Waals surface area contributed by atoms with Gasteiger partial charge in [0.2, 0.25) is 0 Å². The molecule has 0 bridgehead atoms. The van der Waals surface area contributed by atoms with Crippen molar-refractivity contribution < 1.29 is 9.13 Å². The Hall–Kier alpha value is -2.85. The Morgan fingerprint density at radius 3 is 2.62 bits per heavy atom. The lowest BCUT2D eigenvalue weighted by atomic mass is 9.97. The number of hydrogen-bond acceptors (Lipinski definition) is 3. The summed E-state index contributed by atoms with van der Waals surface area (Å²) >= 11 is 6.57. The van der Waals surface area contributed by atoms with Crippen LogP contribution in [0.3, 0.4) is 0 Å². The zero-order chi connectivity index (χ0) is 20.5. The lowest BCUT2D eigenvalue weighted by molar-refractivity contribution is 0.413. The van der Waals surface area contributed by atoms with E-state index in [1.165, 1.54) is 18.7 Å². The van der Waals surface area contributed by atoms with Crippen LogP contribution in [0.25, 0.3) is 11.1 Å². The van der Waals surface area contributed by atoms with Crippen LogP contribution in [0, 0.1) is 5.82 Å². The molecule has 148 valence electrons. The minimum Gasteiger partial charge on any atom is -0.496 e. The summed E-state index contributed by atoms with van der Waals surface area (Å²) < 4.78 is 20.1. The fourth-order valence-corrected chi connectivity index (χ4v) is 4.03. The highest BCUT2D eigenvalue weighted by Crippen LogP contribution is 2.43. The lowest BCUT2D eigenvalue weighted by Gasteiger charge is -2.31. The highest BCUT2D eigenvalue weighted by atomic mass is 35.5. The minimum absolute atomic E-state index is 0.360. The van der Waals surface area contributed by atoms with Gasteiger partial charge >= 0.3 is 0 Å². The third kappa shape index (κ3) is 3.49. The van der Waals surface area contributed by atoms with Gasteiger partial charge in [-0.3, -0.25) is 4.99 Å². The van der Waals surface area contributed by atoms with Gasteiger partial charge in [-0.15, -0.1) is 0 Å². The fraction of sp³-hybridized carbons (Fsp3) is 0.208. The molecule has 0 aliphatic carbocycles. The van der Waals surface area contributed by atoms with Crippen molar-refractivity contribution in [3.05, 3.63) is 76.6 Å². The highest BCUT2D eigenvalue weighted by Gasteiger charge is 2.23. The summed E-state index contributed by atoms with van der Waals surface area (Å²) in [5, 5.41) is 0.456. The van der Waals surface area contributed by atoms with E-state index in [9.17, 15) is 4.39 Å². The molecular formula is C24H22ClFN2O. The summed E-state index contributed by atoms with van der Waals surface area (Å²) in [5.74, 6) is 0.439. The molecule has 0 saturated carbocycles. The average Bonchev–Trinajstić information content (AvgIpc) is 2.72. The van der Waals surface area contributed by atoms with E-state index < -0.39 is 0 Å². The van der Waals surface area contributed by atoms with Gasteiger partial charge in [-0.1, -0.05) is 49.7 Å². The van der Waals surface area contributed by atoms with Crippen LogP contribution < -0.4 is 9.64 Å². The van der Waals surface area contributed by atoms with Gasteiger partial charge in [0.05, 0.1) is 18.4 Å². The maximum absolute atomic E-state index is 14.7. The number of aliphatic imine (C=N–C) groups is 1. The van der Waals surface area contributed by atoms with Gasteiger partial charge in [-0.2, -0.15) is 0 Å². The van der Waals surface area contributed by atoms with E-state index in [-0.39, 0.29) is 5.82 Å². The highest BCUT2D eigenvalue weighted by molar-refractivity contribution is 6.34. The fourth-order valence-electron chi connectivity index (χ4n) is 3.77. The molecule has 3 aromatic rings. The smallest absolute Gasteiger partial charge is 0.134 e. The summed E-state index contributed by atoms with van der Waals surface area (Å²) in [4.78, 5) is 6.67. The van der Waals surface area contributed by atoms with Gasteiger partial charge in [0.15, 0.2) is 0 Å². The first kappa shape index (κ1) is 19.5. The third-order valence-electron chi connectivity index (χ3n) is 5.17. The van der Waals surface area contributed by atoms with Gasteiger partial charge in [-0.05, 0) is 41.8 Å². The van der Waals surface area contributed by atoms with E-state index in [1.54, 1.807) is 12.1 Å². The average molecular weight is 409 g/mol. The number of methoxy groups -OCH3 is 1. The van der Waals surface area contributed by atoms with Crippen LogP contribution in [0.2, 0.25) is 5.02 Å². The van der Waals surface area contributed by atoms with Gasteiger partial charge in [0.1, 0.15) is 18.2 Å². The largest absolute Gasteiger partial charge is 0.496 e. The molecule has 3 aromatic carbocycles. The third-order valence-corrected chi connectivity index (χ3v) is 5.49. The molecule has 4 rings (SSSR count). The Bertz CT molecular complexity index is 1090. The van der Waals surface area contributed by atoms with Crippen molar-refractivity contribution in [1.82, 2.24) is 0 Å². The molecule has 0 N–H and O–H groups in total. The molecule has 0 spiro atoms. The van der Waals surface area contributed by atoms with Gasteiger partial charge < -0.3 is 9.64 Å². The SMILES string of the molecule is COc1cccc(F)c1-c1cc2c(cc1Cl)C=NCN2c1ccccc1C(C)C. The summed E-state index contributed by atoms with van der Waals surface area (Å²) in [5.41, 5.74) is 5.13. The number of hydrogen-bond donors (Lipinski definition) is 0. The van der Waals surface area contributed by atoms with E-state index in [0.717, 1.165) is 16.9 Å². The molecule has 29 heavy (non-hydrogen) atoms. The molecule has 0 aromatic heterocycles. The lowest BCUT2D eigenvalue weighted by Crippen LogP contribution is -2.23. The molecule has 0 saturated heterocycles. The molecule has 1 aliphatic heterocycles. The van der Waals surface area contributed by atoms with E-state index in [1.807, 2.05) is 30.5 Å². The molecule has 0 radical (unpaired) electrons. The predicted molar refractivity (Wildman–Crippen MR) is 119 cm³/mol. The monoisotopic (exact) mass is 408 g/mol. The number of benzene rings is 3. The van der Waals surface area contributed by atoms with Crippen LogP contribution in [0.15, 0.2) is 59.6 Å². The second-order valence-corrected chi connectivity index (χ2v) is 7.71. The van der Waals surface area contributed by atoms with E-state index in [2.05, 4.69) is 35.9 Å². The first-order valence-corrected chi connectivity index (χ1v) is 9.91. The Morgan fingerprint density at radius 1 is 1.07 bits per heavy atom. The standard InChI is InChI=1S/C24H22ClFN2O/c1-15(2)17-7-4-5-9-21(17)28-14-27-13-16-11-19(25)18(12-22(16)28)24-20(26)8-6-10-23(24)29-3/h4-13,15H,14H2,1-3H3. The molecular weight excluding hydrogens is 387 g/mol. The molecule has 3 nitrogen and oxygen atoms in total. The number of anilines is 2. The van der Waals surface area contributed by atoms with Crippen molar-refractivity contribution in [2.45, 2.75) is 19.8 Å². The van der Waals surface area contributed by atoms with Crippen molar-refractivity contribution in [3.63, 3.8) is 0 Å². The number of halogens is 2. The van der Waals surface area contributed by atoms with Crippen LogP contribution >= 0.6 is 11.6 Å². The van der Waals surface area contributed by atoms with Gasteiger partial charge in [-0.25, -0.2) is 4.39 Å². The number of ether oxygens (including phenoxy) is 1. The van der Waals surface area contributed by atoms with Crippen LogP contribution in [0.5, 0.6) is 5.75 Å². The first-order chi connectivity index (χ1) is 14.0. The quantitative estimate of drug-likeness (QED) is 0.473. The van der Waals surface area contributed by atoms with E-state index in [4.69, 9.17) is 16.3 Å². The first-order valence-electron chi connectivity index (χ1n) is 9.54. The second kappa shape index (κ2) is 7.88. The number of nitrogens with zero attached hydrogens (tertiary/aromatic N) is 2. The minimum atomic E-state index is -0.371. The molecule has 0 atom stereocenters. The van der Waals surface area contributed by atoms with Crippen molar-refractivity contribution in [2.75, 3.05) is 18.7 Å². The maximum atomic E-state index is 14.7. The Kier molecular flexibility index (Phi) is 5.29. The van der Waals surface area contributed by atoms with Crippen molar-refractivity contribution >= 4 is 29.2 Å². The Morgan fingerprint density at radius 2 is 1.86 bits per heavy atom. The van der Waals surface area contributed by atoms with Crippen molar-refractivity contribution in [2.24, 2.45) is 4.99 Å². The topological polar surface area (TPSA) is 24.8 Å². The van der Waals surface area contributed by atoms with Crippen molar-refractivity contribution in [3.8, 4) is 16.9 Å². The van der Waals surface area contributed by atoms with Crippen molar-refractivity contribution in [1.29, 1.82) is 0 Å². The van der Waals surface area contributed by atoms with Crippen LogP contribution in [-0.4, -0.2) is 20.0 Å². The van der Waals surface area contributed by atoms with Crippen LogP contribution in [0.1, 0.15) is 30.9 Å². The Labute approximate surface area is 175 Å². The molecule has 1 aliphatic rings. The molecule has 1 heterocycles. The zero-order valence-corrected chi connectivity index (χ0v) is 17.4. The summed E-state index contributed by atoms with van der Waals surface area (Å²) in [6.45, 7) is 4.83. The van der Waals surface area contributed by atoms with E-state index >= 15 is 0 Å². The normalized spacial score (nSPS) is 13.0. The maximum Gasteiger partial charge on any atom is 0.134 e. The number of para-hydroxylation sites is 1. The molecule has 5 heteroatoms. The summed E-state index contributed by atoms with van der Waals surface area (Å²) in [6.07, 6.45) is 1.82. The summed E-state index contributed by atoms with van der Waals surface area (Å²) in [6, 6.07) is 16.9. The number of rotatable bonds is 4. The Balaban J connectivity index is 1.92. The van der Waals surface area contributed by atoms with Gasteiger partial charge in [0.25, 0.3) is 0 Å². The second-order valence-electron chi connectivity index (χ2n) is 7.30. The van der Waals surface area contributed by atoms with Crippen LogP contribution in [-0.2, 0) is 0 Å². The number of fused-ring (bicyclic) bond motifs is 1.